The highest BCUT2D eigenvalue weighted by atomic mass is 16.6. The first-order valence-electron chi connectivity index (χ1n) is 6.82. The van der Waals surface area contributed by atoms with E-state index in [1.807, 2.05) is 20.8 Å². The number of rotatable bonds is 1. The molecule has 4 atom stereocenters. The van der Waals surface area contributed by atoms with Crippen molar-refractivity contribution in [2.45, 2.75) is 58.3 Å². The van der Waals surface area contributed by atoms with Crippen LogP contribution >= 0.6 is 0 Å². The van der Waals surface area contributed by atoms with Gasteiger partial charge < -0.3 is 14.2 Å². The monoisotopic (exact) mass is 268 g/mol. The van der Waals surface area contributed by atoms with Crippen LogP contribution < -0.4 is 0 Å². The molecule has 0 radical (unpaired) electrons. The van der Waals surface area contributed by atoms with E-state index >= 15 is 0 Å². The van der Waals surface area contributed by atoms with Gasteiger partial charge in [0.1, 0.15) is 12.7 Å². The normalized spacial score (nSPS) is 40.8. The van der Waals surface area contributed by atoms with Crippen LogP contribution in [0.5, 0.6) is 0 Å². The predicted octanol–water partition coefficient (Wildman–Crippen LogP) is 1.44. The van der Waals surface area contributed by atoms with Crippen molar-refractivity contribution in [1.82, 2.24) is 0 Å². The number of carbonyl (C=O) groups is 2. The van der Waals surface area contributed by atoms with E-state index < -0.39 is 5.41 Å². The molecule has 19 heavy (non-hydrogen) atoms. The molecular formula is C14H20O5. The van der Waals surface area contributed by atoms with Gasteiger partial charge in [0.15, 0.2) is 0 Å². The third-order valence-electron chi connectivity index (χ3n) is 4.38. The zero-order valence-corrected chi connectivity index (χ0v) is 11.6. The minimum Gasteiger partial charge on any atom is -0.465 e. The van der Waals surface area contributed by atoms with Crippen molar-refractivity contribution >= 4 is 11.9 Å². The number of hydrogen-bond acceptors (Lipinski definition) is 5. The van der Waals surface area contributed by atoms with E-state index in [0.29, 0.717) is 19.4 Å². The van der Waals surface area contributed by atoms with Crippen LogP contribution in [-0.2, 0) is 23.8 Å². The molecular weight excluding hydrogens is 248 g/mol. The van der Waals surface area contributed by atoms with Crippen LogP contribution in [0.25, 0.3) is 0 Å². The fraction of sp³-hybridized carbons (Fsp3) is 0.857. The average molecular weight is 268 g/mol. The molecule has 3 saturated heterocycles. The molecule has 0 amide bonds. The number of carbonyl (C=O) groups excluding carboxylic acids is 2. The second kappa shape index (κ2) is 3.95. The molecule has 3 fully saturated rings. The Bertz CT molecular complexity index is 424. The fourth-order valence-corrected chi connectivity index (χ4v) is 3.21. The van der Waals surface area contributed by atoms with Gasteiger partial charge in [0, 0.05) is 11.8 Å². The van der Waals surface area contributed by atoms with Crippen LogP contribution in [0, 0.1) is 10.8 Å². The molecule has 0 aromatic rings. The number of ether oxygens (including phenoxy) is 3. The summed E-state index contributed by atoms with van der Waals surface area (Å²) in [6.45, 7) is 5.98. The van der Waals surface area contributed by atoms with Crippen molar-refractivity contribution in [3.8, 4) is 0 Å². The zero-order chi connectivity index (χ0) is 13.8. The molecule has 2 bridgehead atoms. The van der Waals surface area contributed by atoms with Gasteiger partial charge in [0.25, 0.3) is 0 Å². The van der Waals surface area contributed by atoms with Gasteiger partial charge in [-0.15, -0.1) is 0 Å². The summed E-state index contributed by atoms with van der Waals surface area (Å²) in [5.74, 6) is -0.333. The van der Waals surface area contributed by atoms with Gasteiger partial charge in [-0.2, -0.15) is 0 Å². The Kier molecular flexibility index (Phi) is 2.68. The van der Waals surface area contributed by atoms with Crippen LogP contribution in [0.15, 0.2) is 0 Å². The average Bonchev–Trinajstić information content (AvgIpc) is 2.93. The minimum absolute atomic E-state index is 0.0123. The first kappa shape index (κ1) is 12.9. The summed E-state index contributed by atoms with van der Waals surface area (Å²) in [5.41, 5.74) is -0.654. The van der Waals surface area contributed by atoms with Crippen molar-refractivity contribution < 1.29 is 23.8 Å². The first-order valence-corrected chi connectivity index (χ1v) is 6.82. The van der Waals surface area contributed by atoms with Crippen LogP contribution in [0.4, 0.5) is 0 Å². The minimum atomic E-state index is -0.494. The summed E-state index contributed by atoms with van der Waals surface area (Å²) in [7, 11) is 0. The maximum absolute atomic E-state index is 11.9. The number of fused-ring (bicyclic) bond motifs is 3. The smallest absolute Gasteiger partial charge is 0.311 e. The van der Waals surface area contributed by atoms with Gasteiger partial charge >= 0.3 is 11.9 Å². The molecule has 3 aliphatic heterocycles. The summed E-state index contributed by atoms with van der Waals surface area (Å²) in [6.07, 6.45) is 1.62. The summed E-state index contributed by atoms with van der Waals surface area (Å²) in [5, 5.41) is 0. The Morgan fingerprint density at radius 3 is 2.63 bits per heavy atom. The quantitative estimate of drug-likeness (QED) is 0.673. The van der Waals surface area contributed by atoms with Gasteiger partial charge in [-0.3, -0.25) is 9.59 Å². The molecule has 4 unspecified atom stereocenters. The summed E-state index contributed by atoms with van der Waals surface area (Å²) < 4.78 is 16.5. The summed E-state index contributed by atoms with van der Waals surface area (Å²) in [4.78, 5) is 23.2. The van der Waals surface area contributed by atoms with Gasteiger partial charge in [-0.05, 0) is 27.2 Å². The molecule has 3 heterocycles. The highest BCUT2D eigenvalue weighted by Crippen LogP contribution is 2.53. The lowest BCUT2D eigenvalue weighted by atomic mass is 9.72. The van der Waals surface area contributed by atoms with E-state index in [9.17, 15) is 9.59 Å². The molecule has 0 aromatic heterocycles. The number of cyclic esters (lactones) is 1. The molecule has 0 N–H and O–H groups in total. The van der Waals surface area contributed by atoms with E-state index in [0.717, 1.165) is 6.42 Å². The Balaban J connectivity index is 1.64. The van der Waals surface area contributed by atoms with E-state index in [1.54, 1.807) is 0 Å². The van der Waals surface area contributed by atoms with Crippen molar-refractivity contribution in [3.05, 3.63) is 0 Å². The summed E-state index contributed by atoms with van der Waals surface area (Å²) in [6, 6.07) is 0. The Morgan fingerprint density at radius 1 is 1.42 bits per heavy atom. The maximum Gasteiger partial charge on any atom is 0.311 e. The Labute approximate surface area is 112 Å². The molecule has 1 spiro atoms. The van der Waals surface area contributed by atoms with Crippen molar-refractivity contribution in [2.75, 3.05) is 6.61 Å². The summed E-state index contributed by atoms with van der Waals surface area (Å²) >= 11 is 0. The Hall–Kier alpha value is -1.10. The zero-order valence-electron chi connectivity index (χ0n) is 11.6. The highest BCUT2D eigenvalue weighted by molar-refractivity contribution is 5.75. The molecule has 3 aliphatic rings. The van der Waals surface area contributed by atoms with Gasteiger partial charge in [0.2, 0.25) is 0 Å². The predicted molar refractivity (Wildman–Crippen MR) is 65.2 cm³/mol. The van der Waals surface area contributed by atoms with Crippen LogP contribution in [0.3, 0.4) is 0 Å². The van der Waals surface area contributed by atoms with E-state index in [4.69, 9.17) is 14.2 Å². The molecule has 5 nitrogen and oxygen atoms in total. The lowest BCUT2D eigenvalue weighted by molar-refractivity contribution is -0.161. The third kappa shape index (κ3) is 2.04. The van der Waals surface area contributed by atoms with E-state index in [2.05, 4.69) is 0 Å². The fourth-order valence-electron chi connectivity index (χ4n) is 3.21. The van der Waals surface area contributed by atoms with Crippen molar-refractivity contribution in [2.24, 2.45) is 10.8 Å². The van der Waals surface area contributed by atoms with Gasteiger partial charge in [0.05, 0.1) is 24.0 Å². The standard InChI is InChI=1S/C14H20O5/c1-13(2,3)12(16)19-8-4-10-14(5-9(8)18-10)6-11(15)17-7-14/h8-10H,4-7H2,1-3H3. The lowest BCUT2D eigenvalue weighted by Gasteiger charge is -2.31. The number of esters is 2. The van der Waals surface area contributed by atoms with Gasteiger partial charge in [-0.25, -0.2) is 0 Å². The molecule has 3 rings (SSSR count). The highest BCUT2D eigenvalue weighted by Gasteiger charge is 2.61. The lowest BCUT2D eigenvalue weighted by Crippen LogP contribution is -2.41. The molecule has 106 valence electrons. The van der Waals surface area contributed by atoms with Crippen LogP contribution in [0.1, 0.15) is 40.0 Å². The SMILES string of the molecule is CC(C)(C)C(=O)OC1CC2OC1CC21COC(=O)C1. The Morgan fingerprint density at radius 2 is 2.16 bits per heavy atom. The van der Waals surface area contributed by atoms with Gasteiger partial charge in [-0.1, -0.05) is 0 Å². The van der Waals surface area contributed by atoms with E-state index in [1.165, 1.54) is 0 Å². The van der Waals surface area contributed by atoms with Crippen LogP contribution in [-0.4, -0.2) is 36.9 Å². The largest absolute Gasteiger partial charge is 0.465 e. The van der Waals surface area contributed by atoms with Crippen molar-refractivity contribution in [3.63, 3.8) is 0 Å². The van der Waals surface area contributed by atoms with Crippen LogP contribution in [0.2, 0.25) is 0 Å². The molecule has 0 aromatic carbocycles. The third-order valence-corrected chi connectivity index (χ3v) is 4.38. The van der Waals surface area contributed by atoms with Crippen molar-refractivity contribution in [1.29, 1.82) is 0 Å². The topological polar surface area (TPSA) is 61.8 Å². The van der Waals surface area contributed by atoms with E-state index in [-0.39, 0.29) is 35.7 Å². The molecule has 0 saturated carbocycles. The molecule has 5 heteroatoms. The first-order chi connectivity index (χ1) is 8.80. The second-order valence-corrected chi connectivity index (χ2v) is 7.00. The second-order valence-electron chi connectivity index (χ2n) is 7.00. The number of hydrogen-bond donors (Lipinski definition) is 0. The molecule has 0 aliphatic carbocycles. The maximum atomic E-state index is 11.9.